The zero-order valence-corrected chi connectivity index (χ0v) is 13.7. The molecule has 0 spiro atoms. The van der Waals surface area contributed by atoms with Crippen molar-refractivity contribution in [2.75, 3.05) is 12.4 Å². The highest BCUT2D eigenvalue weighted by Gasteiger charge is 2.26. The van der Waals surface area contributed by atoms with Crippen LogP contribution in [0.15, 0.2) is 39.7 Å². The first-order valence-corrected chi connectivity index (χ1v) is 8.46. The highest BCUT2D eigenvalue weighted by atomic mass is 79.9. The van der Waals surface area contributed by atoms with Gasteiger partial charge < -0.3 is 5.32 Å². The fourth-order valence-electron chi connectivity index (χ4n) is 2.00. The van der Waals surface area contributed by atoms with E-state index in [1.165, 1.54) is 23.4 Å². The number of aromatic nitrogens is 2. The van der Waals surface area contributed by atoms with Crippen LogP contribution >= 0.6 is 27.7 Å². The van der Waals surface area contributed by atoms with E-state index in [1.54, 1.807) is 11.8 Å². The normalized spacial score (nSPS) is 14.3. The number of nitrogens with zero attached hydrogens (tertiary/aromatic N) is 2. The number of thioether (sulfide) groups is 1. The molecule has 1 saturated carbocycles. The molecule has 1 heterocycles. The van der Waals surface area contributed by atoms with E-state index in [0.717, 1.165) is 21.9 Å². The quantitative estimate of drug-likeness (QED) is 0.809. The first kappa shape index (κ1) is 13.9. The van der Waals surface area contributed by atoms with Crippen LogP contribution in [0.3, 0.4) is 0 Å². The first-order chi connectivity index (χ1) is 9.74. The van der Waals surface area contributed by atoms with Crippen LogP contribution in [0.1, 0.15) is 30.3 Å². The predicted molar refractivity (Wildman–Crippen MR) is 87.3 cm³/mol. The van der Waals surface area contributed by atoms with Crippen LogP contribution in [0.2, 0.25) is 0 Å². The van der Waals surface area contributed by atoms with E-state index >= 15 is 0 Å². The summed E-state index contributed by atoms with van der Waals surface area (Å²) in [4.78, 5) is 10.5. The Morgan fingerprint density at radius 2 is 2.15 bits per heavy atom. The first-order valence-electron chi connectivity index (χ1n) is 6.68. The minimum atomic E-state index is 0.653. The Labute approximate surface area is 131 Å². The van der Waals surface area contributed by atoms with Crippen molar-refractivity contribution in [2.45, 2.75) is 29.4 Å². The van der Waals surface area contributed by atoms with Gasteiger partial charge in [0.2, 0.25) is 0 Å². The third-order valence-electron chi connectivity index (χ3n) is 3.21. The fraction of sp³-hybridized carbons (Fsp3) is 0.333. The molecule has 1 fully saturated rings. The summed E-state index contributed by atoms with van der Waals surface area (Å²) >= 11 is 5.26. The summed E-state index contributed by atoms with van der Waals surface area (Å²) in [6, 6.07) is 10.4. The lowest BCUT2D eigenvalue weighted by Crippen LogP contribution is -2.02. The van der Waals surface area contributed by atoms with Gasteiger partial charge in [-0.05, 0) is 31.0 Å². The lowest BCUT2D eigenvalue weighted by Gasteiger charge is -2.07. The third-order valence-corrected chi connectivity index (χ3v) is 4.69. The largest absolute Gasteiger partial charge is 0.373 e. The molecule has 0 unspecified atom stereocenters. The number of benzene rings is 1. The van der Waals surface area contributed by atoms with Gasteiger partial charge in [-0.25, -0.2) is 9.97 Å². The van der Waals surface area contributed by atoms with Crippen molar-refractivity contribution in [3.8, 4) is 0 Å². The van der Waals surface area contributed by atoms with Crippen molar-refractivity contribution >= 4 is 33.5 Å². The van der Waals surface area contributed by atoms with Gasteiger partial charge in [0, 0.05) is 34.1 Å². The number of nitrogens with one attached hydrogen (secondary N) is 1. The molecule has 1 N–H and O–H groups in total. The van der Waals surface area contributed by atoms with Crippen molar-refractivity contribution < 1.29 is 0 Å². The van der Waals surface area contributed by atoms with E-state index in [1.807, 2.05) is 19.2 Å². The summed E-state index contributed by atoms with van der Waals surface area (Å²) < 4.78 is 1.10. The molecule has 0 atom stereocenters. The molecule has 104 valence electrons. The standard InChI is InChI=1S/C15H16BrN3S/c1-17-14-8-13(10-5-6-10)18-15(19-14)9-20-12-4-2-3-11(16)7-12/h2-4,7-8,10H,5-6,9H2,1H3,(H,17,18,19). The van der Waals surface area contributed by atoms with Crippen molar-refractivity contribution in [3.63, 3.8) is 0 Å². The lowest BCUT2D eigenvalue weighted by atomic mass is 10.3. The second kappa shape index (κ2) is 6.14. The maximum Gasteiger partial charge on any atom is 0.141 e. The second-order valence-corrected chi connectivity index (χ2v) is 6.83. The van der Waals surface area contributed by atoms with Crippen LogP contribution in [-0.2, 0) is 5.75 Å². The molecule has 0 bridgehead atoms. The molecule has 2 aromatic rings. The Kier molecular flexibility index (Phi) is 4.27. The Bertz CT molecular complexity index is 614. The average Bonchev–Trinajstić information content (AvgIpc) is 3.29. The number of anilines is 1. The maximum atomic E-state index is 4.70. The predicted octanol–water partition coefficient (Wildman–Crippen LogP) is 4.45. The Morgan fingerprint density at radius 1 is 1.30 bits per heavy atom. The Balaban J connectivity index is 1.74. The Morgan fingerprint density at radius 3 is 2.85 bits per heavy atom. The molecule has 1 aliphatic carbocycles. The molecule has 0 radical (unpaired) electrons. The topological polar surface area (TPSA) is 37.8 Å². The minimum absolute atomic E-state index is 0.653. The molecule has 5 heteroatoms. The van der Waals surface area contributed by atoms with E-state index < -0.39 is 0 Å². The molecule has 1 aliphatic rings. The molecule has 3 rings (SSSR count). The van der Waals surface area contributed by atoms with Crippen LogP contribution < -0.4 is 5.32 Å². The minimum Gasteiger partial charge on any atom is -0.373 e. The molecule has 0 saturated heterocycles. The van der Waals surface area contributed by atoms with E-state index in [2.05, 4.69) is 44.4 Å². The van der Waals surface area contributed by atoms with Crippen LogP contribution in [0.4, 0.5) is 5.82 Å². The van der Waals surface area contributed by atoms with Gasteiger partial charge in [-0.15, -0.1) is 11.8 Å². The number of hydrogen-bond acceptors (Lipinski definition) is 4. The van der Waals surface area contributed by atoms with Gasteiger partial charge in [0.25, 0.3) is 0 Å². The molecular formula is C15H16BrN3S. The van der Waals surface area contributed by atoms with E-state index in [9.17, 15) is 0 Å². The molecule has 1 aromatic carbocycles. The SMILES string of the molecule is CNc1cc(C2CC2)nc(CSc2cccc(Br)c2)n1. The highest BCUT2D eigenvalue weighted by Crippen LogP contribution is 2.39. The van der Waals surface area contributed by atoms with Gasteiger partial charge in [0.1, 0.15) is 11.6 Å². The fourth-order valence-corrected chi connectivity index (χ4v) is 3.36. The maximum absolute atomic E-state index is 4.70. The second-order valence-electron chi connectivity index (χ2n) is 4.86. The summed E-state index contributed by atoms with van der Waals surface area (Å²) in [6.45, 7) is 0. The zero-order valence-electron chi connectivity index (χ0n) is 11.3. The highest BCUT2D eigenvalue weighted by molar-refractivity contribution is 9.10. The van der Waals surface area contributed by atoms with Crippen LogP contribution in [0, 0.1) is 0 Å². The van der Waals surface area contributed by atoms with Gasteiger partial charge in [-0.1, -0.05) is 22.0 Å². The molecule has 3 nitrogen and oxygen atoms in total. The summed E-state index contributed by atoms with van der Waals surface area (Å²) in [7, 11) is 1.91. The summed E-state index contributed by atoms with van der Waals surface area (Å²) in [5.41, 5.74) is 1.19. The monoisotopic (exact) mass is 349 g/mol. The lowest BCUT2D eigenvalue weighted by molar-refractivity contribution is 0.933. The van der Waals surface area contributed by atoms with Crippen LogP contribution in [0.25, 0.3) is 0 Å². The third kappa shape index (κ3) is 3.52. The van der Waals surface area contributed by atoms with Crippen molar-refractivity contribution in [3.05, 3.63) is 46.3 Å². The number of rotatable bonds is 5. The van der Waals surface area contributed by atoms with Crippen molar-refractivity contribution in [2.24, 2.45) is 0 Å². The molecule has 1 aromatic heterocycles. The average molecular weight is 350 g/mol. The van der Waals surface area contributed by atoms with Crippen molar-refractivity contribution in [1.29, 1.82) is 0 Å². The van der Waals surface area contributed by atoms with Gasteiger partial charge in [-0.2, -0.15) is 0 Å². The molecule has 20 heavy (non-hydrogen) atoms. The number of hydrogen-bond donors (Lipinski definition) is 1. The molecule has 0 aliphatic heterocycles. The number of halogens is 1. The molecule has 0 amide bonds. The Hall–Kier alpha value is -1.07. The zero-order chi connectivity index (χ0) is 13.9. The van der Waals surface area contributed by atoms with Crippen molar-refractivity contribution in [1.82, 2.24) is 9.97 Å². The summed E-state index contributed by atoms with van der Waals surface area (Å²) in [5.74, 6) is 3.28. The van der Waals surface area contributed by atoms with Gasteiger partial charge in [0.15, 0.2) is 0 Å². The van der Waals surface area contributed by atoms with Gasteiger partial charge in [0.05, 0.1) is 5.75 Å². The van der Waals surface area contributed by atoms with Gasteiger partial charge >= 0.3 is 0 Å². The molecular weight excluding hydrogens is 334 g/mol. The van der Waals surface area contributed by atoms with E-state index in [0.29, 0.717) is 5.92 Å². The van der Waals surface area contributed by atoms with Gasteiger partial charge in [-0.3, -0.25) is 0 Å². The van der Waals surface area contributed by atoms with E-state index in [4.69, 9.17) is 4.98 Å². The smallest absolute Gasteiger partial charge is 0.141 e. The summed E-state index contributed by atoms with van der Waals surface area (Å²) in [5, 5.41) is 3.13. The van der Waals surface area contributed by atoms with E-state index in [-0.39, 0.29) is 0 Å². The summed E-state index contributed by atoms with van der Waals surface area (Å²) in [6.07, 6.45) is 2.52. The van der Waals surface area contributed by atoms with Crippen LogP contribution in [-0.4, -0.2) is 17.0 Å². The van der Waals surface area contributed by atoms with Crippen LogP contribution in [0.5, 0.6) is 0 Å².